The minimum absolute atomic E-state index is 0.318. The predicted molar refractivity (Wildman–Crippen MR) is 74.9 cm³/mol. The van der Waals surface area contributed by atoms with E-state index in [0.717, 1.165) is 13.0 Å². The van der Waals surface area contributed by atoms with Gasteiger partial charge in [0.25, 0.3) is 0 Å². The van der Waals surface area contributed by atoms with Gasteiger partial charge in [0.05, 0.1) is 6.61 Å². The highest BCUT2D eigenvalue weighted by molar-refractivity contribution is 5.26. The van der Waals surface area contributed by atoms with Gasteiger partial charge in [-0.05, 0) is 37.0 Å². The van der Waals surface area contributed by atoms with Gasteiger partial charge >= 0.3 is 0 Å². The Hall–Kier alpha value is -1.06. The summed E-state index contributed by atoms with van der Waals surface area (Å²) in [5, 5.41) is 12.8. The predicted octanol–water partition coefficient (Wildman–Crippen LogP) is 2.58. The molecule has 3 nitrogen and oxygen atoms in total. The highest BCUT2D eigenvalue weighted by Crippen LogP contribution is 2.12. The molecule has 0 saturated carbocycles. The van der Waals surface area contributed by atoms with E-state index in [1.807, 2.05) is 12.1 Å². The molecule has 0 bridgehead atoms. The molecule has 0 aromatic heterocycles. The summed E-state index contributed by atoms with van der Waals surface area (Å²) >= 11 is 0. The van der Waals surface area contributed by atoms with Gasteiger partial charge in [-0.15, -0.1) is 0 Å². The molecule has 2 N–H and O–H groups in total. The fourth-order valence-corrected chi connectivity index (χ4v) is 2.02. The van der Waals surface area contributed by atoms with Crippen LogP contribution in [-0.4, -0.2) is 30.9 Å². The summed E-state index contributed by atoms with van der Waals surface area (Å²) in [6, 6.07) is 8.16. The van der Waals surface area contributed by atoms with Crippen LogP contribution in [0.4, 0.5) is 0 Å². The Morgan fingerprint density at radius 3 is 2.28 bits per heavy atom. The van der Waals surface area contributed by atoms with Crippen LogP contribution in [0.15, 0.2) is 24.3 Å². The summed E-state index contributed by atoms with van der Waals surface area (Å²) in [4.78, 5) is 0. The van der Waals surface area contributed by atoms with E-state index in [4.69, 9.17) is 4.74 Å². The van der Waals surface area contributed by atoms with E-state index < -0.39 is 0 Å². The molecule has 0 aliphatic heterocycles. The van der Waals surface area contributed by atoms with Gasteiger partial charge in [0.1, 0.15) is 5.75 Å². The summed E-state index contributed by atoms with van der Waals surface area (Å²) < 4.78 is 5.24. The maximum absolute atomic E-state index is 9.25. The van der Waals surface area contributed by atoms with Crippen LogP contribution < -0.4 is 5.32 Å². The maximum atomic E-state index is 9.25. The summed E-state index contributed by atoms with van der Waals surface area (Å²) in [6.07, 6.45) is 0.952. The van der Waals surface area contributed by atoms with Crippen LogP contribution in [0.2, 0.25) is 0 Å². The molecule has 0 fully saturated rings. The second-order valence-electron chi connectivity index (χ2n) is 5.24. The highest BCUT2D eigenvalue weighted by Gasteiger charge is 2.15. The molecule has 0 aliphatic carbocycles. The normalized spacial score (nSPS) is 14.7. The van der Waals surface area contributed by atoms with E-state index in [2.05, 4.69) is 26.1 Å². The molecule has 2 atom stereocenters. The van der Waals surface area contributed by atoms with Gasteiger partial charge in [-0.2, -0.15) is 0 Å². The number of phenols is 1. The van der Waals surface area contributed by atoms with Crippen molar-refractivity contribution in [3.05, 3.63) is 29.8 Å². The largest absolute Gasteiger partial charge is 0.508 e. The fourth-order valence-electron chi connectivity index (χ4n) is 2.02. The lowest BCUT2D eigenvalue weighted by atomic mass is 10.0. The van der Waals surface area contributed by atoms with Crippen LogP contribution in [0, 0.1) is 5.92 Å². The van der Waals surface area contributed by atoms with Crippen molar-refractivity contribution >= 4 is 0 Å². The fraction of sp³-hybridized carbons (Fsp3) is 0.600. The van der Waals surface area contributed by atoms with Gasteiger partial charge in [0.2, 0.25) is 0 Å². The Labute approximate surface area is 110 Å². The molecule has 0 aliphatic rings. The Kier molecular flexibility index (Phi) is 6.16. The average molecular weight is 251 g/mol. The number of hydrogen-bond donors (Lipinski definition) is 2. The second-order valence-corrected chi connectivity index (χ2v) is 5.24. The molecular formula is C15H25NO2. The Morgan fingerprint density at radius 1 is 1.17 bits per heavy atom. The Morgan fingerprint density at radius 2 is 1.78 bits per heavy atom. The molecule has 0 radical (unpaired) electrons. The minimum Gasteiger partial charge on any atom is -0.508 e. The molecule has 0 heterocycles. The van der Waals surface area contributed by atoms with Gasteiger partial charge < -0.3 is 15.2 Å². The number of methoxy groups -OCH3 is 1. The summed E-state index contributed by atoms with van der Waals surface area (Å²) in [5.41, 5.74) is 1.23. The average Bonchev–Trinajstić information content (AvgIpc) is 2.31. The van der Waals surface area contributed by atoms with Crippen molar-refractivity contribution in [3.8, 4) is 5.75 Å². The topological polar surface area (TPSA) is 41.5 Å². The number of rotatable bonds is 7. The maximum Gasteiger partial charge on any atom is 0.115 e. The lowest BCUT2D eigenvalue weighted by Gasteiger charge is -2.26. The Bertz CT molecular complexity index is 335. The number of nitrogens with one attached hydrogen (secondary N) is 1. The van der Waals surface area contributed by atoms with Crippen LogP contribution in [0.1, 0.15) is 26.3 Å². The molecular weight excluding hydrogens is 226 g/mol. The second kappa shape index (κ2) is 7.39. The molecule has 1 aromatic rings. The zero-order valence-electron chi connectivity index (χ0n) is 11.8. The zero-order chi connectivity index (χ0) is 13.5. The van der Waals surface area contributed by atoms with Gasteiger partial charge in [0.15, 0.2) is 0 Å². The van der Waals surface area contributed by atoms with E-state index in [-0.39, 0.29) is 0 Å². The summed E-state index contributed by atoms with van der Waals surface area (Å²) in [6.45, 7) is 7.31. The van der Waals surface area contributed by atoms with E-state index in [1.54, 1.807) is 19.2 Å². The minimum atomic E-state index is 0.318. The number of aromatic hydroxyl groups is 1. The van der Waals surface area contributed by atoms with Gasteiger partial charge in [-0.3, -0.25) is 0 Å². The third kappa shape index (κ3) is 5.07. The van der Waals surface area contributed by atoms with E-state index in [9.17, 15) is 5.11 Å². The first kappa shape index (κ1) is 15.0. The number of hydrogen-bond acceptors (Lipinski definition) is 3. The van der Waals surface area contributed by atoms with Gasteiger partial charge in [-0.1, -0.05) is 26.0 Å². The van der Waals surface area contributed by atoms with Crippen molar-refractivity contribution < 1.29 is 9.84 Å². The SMILES string of the molecule is COCC(NC(C)Cc1ccc(O)cc1)C(C)C. The van der Waals surface area contributed by atoms with E-state index in [0.29, 0.717) is 23.8 Å². The summed E-state index contributed by atoms with van der Waals surface area (Å²) in [7, 11) is 1.74. The lowest BCUT2D eigenvalue weighted by Crippen LogP contribution is -2.43. The first-order valence-corrected chi connectivity index (χ1v) is 6.55. The molecule has 0 amide bonds. The van der Waals surface area contributed by atoms with Crippen LogP contribution in [0.3, 0.4) is 0 Å². The molecule has 0 saturated heterocycles. The van der Waals surface area contributed by atoms with Crippen molar-refractivity contribution in [2.75, 3.05) is 13.7 Å². The first-order valence-electron chi connectivity index (χ1n) is 6.55. The van der Waals surface area contributed by atoms with Crippen molar-refractivity contribution in [2.45, 2.75) is 39.3 Å². The smallest absolute Gasteiger partial charge is 0.115 e. The number of phenolic OH excluding ortho intramolecular Hbond substituents is 1. The Balaban J connectivity index is 2.49. The van der Waals surface area contributed by atoms with Crippen molar-refractivity contribution in [3.63, 3.8) is 0 Å². The number of benzene rings is 1. The van der Waals surface area contributed by atoms with Crippen LogP contribution >= 0.6 is 0 Å². The van der Waals surface area contributed by atoms with E-state index >= 15 is 0 Å². The quantitative estimate of drug-likeness (QED) is 0.782. The van der Waals surface area contributed by atoms with Crippen LogP contribution in [0.25, 0.3) is 0 Å². The molecule has 0 spiro atoms. The molecule has 1 rings (SSSR count). The van der Waals surface area contributed by atoms with Crippen LogP contribution in [-0.2, 0) is 11.2 Å². The molecule has 3 heteroatoms. The van der Waals surface area contributed by atoms with Crippen molar-refractivity contribution in [2.24, 2.45) is 5.92 Å². The van der Waals surface area contributed by atoms with Crippen molar-refractivity contribution in [1.29, 1.82) is 0 Å². The number of ether oxygens (including phenoxy) is 1. The first-order chi connectivity index (χ1) is 8.52. The van der Waals surface area contributed by atoms with Crippen LogP contribution in [0.5, 0.6) is 5.75 Å². The third-order valence-electron chi connectivity index (χ3n) is 3.13. The van der Waals surface area contributed by atoms with Gasteiger partial charge in [-0.25, -0.2) is 0 Å². The molecule has 102 valence electrons. The molecule has 1 aromatic carbocycles. The summed E-state index contributed by atoms with van der Waals surface area (Å²) in [5.74, 6) is 0.867. The highest BCUT2D eigenvalue weighted by atomic mass is 16.5. The van der Waals surface area contributed by atoms with Crippen molar-refractivity contribution in [1.82, 2.24) is 5.32 Å². The molecule has 18 heavy (non-hydrogen) atoms. The van der Waals surface area contributed by atoms with E-state index in [1.165, 1.54) is 5.56 Å². The monoisotopic (exact) mass is 251 g/mol. The zero-order valence-corrected chi connectivity index (χ0v) is 11.8. The standard InChI is InChI=1S/C15H25NO2/c1-11(2)15(10-18-4)16-12(3)9-13-5-7-14(17)8-6-13/h5-8,11-12,15-17H,9-10H2,1-4H3. The third-order valence-corrected chi connectivity index (χ3v) is 3.13. The lowest BCUT2D eigenvalue weighted by molar-refractivity contribution is 0.141. The molecule has 2 unspecified atom stereocenters. The van der Waals surface area contributed by atoms with Gasteiger partial charge in [0, 0.05) is 19.2 Å².